The van der Waals surface area contributed by atoms with Gasteiger partial charge in [0.15, 0.2) is 0 Å². The number of carbonyl (C=O) groups excluding carboxylic acids is 1. The van der Waals surface area contributed by atoms with Crippen LogP contribution < -0.4 is 5.32 Å². The Kier molecular flexibility index (Phi) is 4.18. The summed E-state index contributed by atoms with van der Waals surface area (Å²) in [5.41, 5.74) is 1.04. The monoisotopic (exact) mass is 273 g/mol. The van der Waals surface area contributed by atoms with E-state index in [0.717, 1.165) is 0 Å². The minimum absolute atomic E-state index is 0.299. The van der Waals surface area contributed by atoms with Gasteiger partial charge in [-0.25, -0.2) is 4.39 Å². The summed E-state index contributed by atoms with van der Waals surface area (Å²) in [5.74, 6) is 4.78. The summed E-state index contributed by atoms with van der Waals surface area (Å²) in [5, 5.41) is 11.3. The summed E-state index contributed by atoms with van der Waals surface area (Å²) in [6.07, 6.45) is 1.34. The number of halogens is 1. The van der Waals surface area contributed by atoms with Crippen LogP contribution >= 0.6 is 0 Å². The van der Waals surface area contributed by atoms with Gasteiger partial charge in [0.2, 0.25) is 0 Å². The van der Waals surface area contributed by atoms with Gasteiger partial charge in [-0.1, -0.05) is 11.8 Å². The summed E-state index contributed by atoms with van der Waals surface area (Å²) in [7, 11) is 0. The van der Waals surface area contributed by atoms with Gasteiger partial charge in [-0.05, 0) is 31.2 Å². The van der Waals surface area contributed by atoms with Crippen LogP contribution in [-0.4, -0.2) is 17.6 Å². The zero-order chi connectivity index (χ0) is 14.5. The van der Waals surface area contributed by atoms with E-state index in [9.17, 15) is 9.18 Å². The third-order valence-corrected chi connectivity index (χ3v) is 2.52. The molecule has 0 spiro atoms. The Bertz CT molecular complexity index is 695. The lowest BCUT2D eigenvalue weighted by atomic mass is 10.1. The molecule has 1 aromatic heterocycles. The van der Waals surface area contributed by atoms with Crippen LogP contribution in [0.1, 0.15) is 21.7 Å². The molecule has 1 amide bonds. The fourth-order valence-corrected chi connectivity index (χ4v) is 1.62. The van der Waals surface area contributed by atoms with Crippen molar-refractivity contribution in [2.24, 2.45) is 0 Å². The Morgan fingerprint density at radius 1 is 1.45 bits per heavy atom. The molecular weight excluding hydrogens is 261 g/mol. The minimum Gasteiger partial charge on any atom is -0.469 e. The van der Waals surface area contributed by atoms with Crippen LogP contribution in [0.5, 0.6) is 0 Å². The highest BCUT2D eigenvalue weighted by Gasteiger charge is 2.11. The lowest BCUT2D eigenvalue weighted by molar-refractivity contribution is 0.102. The largest absolute Gasteiger partial charge is 0.469 e. The Morgan fingerprint density at radius 3 is 2.90 bits per heavy atom. The molecule has 0 saturated carbocycles. The first-order valence-corrected chi connectivity index (χ1v) is 5.86. The van der Waals surface area contributed by atoms with Gasteiger partial charge in [-0.2, -0.15) is 0 Å². The second-order valence-electron chi connectivity index (χ2n) is 4.05. The number of rotatable bonds is 2. The Labute approximate surface area is 115 Å². The van der Waals surface area contributed by atoms with Gasteiger partial charge in [-0.3, -0.25) is 4.79 Å². The number of aliphatic hydroxyl groups is 1. The Morgan fingerprint density at radius 2 is 2.25 bits per heavy atom. The third-order valence-electron chi connectivity index (χ3n) is 2.52. The lowest BCUT2D eigenvalue weighted by Gasteiger charge is -2.06. The maximum Gasteiger partial charge on any atom is 0.258 e. The van der Waals surface area contributed by atoms with Crippen molar-refractivity contribution in [3.63, 3.8) is 0 Å². The van der Waals surface area contributed by atoms with E-state index in [1.54, 1.807) is 13.0 Å². The van der Waals surface area contributed by atoms with Gasteiger partial charge in [0.1, 0.15) is 24.4 Å². The third kappa shape index (κ3) is 3.25. The number of aryl methyl sites for hydroxylation is 1. The molecule has 1 aromatic carbocycles. The van der Waals surface area contributed by atoms with Gasteiger partial charge in [0, 0.05) is 0 Å². The molecular formula is C15H12FNO3. The molecule has 20 heavy (non-hydrogen) atoms. The molecule has 0 aliphatic heterocycles. The van der Waals surface area contributed by atoms with Crippen molar-refractivity contribution in [1.29, 1.82) is 0 Å². The quantitative estimate of drug-likeness (QED) is 0.825. The average molecular weight is 273 g/mol. The summed E-state index contributed by atoms with van der Waals surface area (Å²) in [4.78, 5) is 12.0. The van der Waals surface area contributed by atoms with E-state index in [0.29, 0.717) is 22.6 Å². The fraction of sp³-hybridized carbons (Fsp3) is 0.133. The zero-order valence-corrected chi connectivity index (χ0v) is 10.7. The smallest absolute Gasteiger partial charge is 0.258 e. The van der Waals surface area contributed by atoms with E-state index >= 15 is 0 Å². The van der Waals surface area contributed by atoms with Crippen LogP contribution in [0, 0.1) is 24.6 Å². The number of amides is 1. The highest BCUT2D eigenvalue weighted by Crippen LogP contribution is 2.18. The standard InChI is InChI=1S/C15H12FNO3/c1-10-7-12(9-20-10)15(19)17-14-5-4-13(16)8-11(14)3-2-6-18/h4-5,7-9,18H,6H2,1H3,(H,17,19). The van der Waals surface area contributed by atoms with Crippen LogP contribution in [0.2, 0.25) is 0 Å². The van der Waals surface area contributed by atoms with Crippen LogP contribution in [0.15, 0.2) is 34.9 Å². The summed E-state index contributed by atoms with van der Waals surface area (Å²) < 4.78 is 18.2. The van der Waals surface area contributed by atoms with Crippen molar-refractivity contribution in [3.05, 3.63) is 53.2 Å². The van der Waals surface area contributed by atoms with Gasteiger partial charge in [0.05, 0.1) is 16.8 Å². The fourth-order valence-electron chi connectivity index (χ4n) is 1.62. The Hall–Kier alpha value is -2.58. The first-order chi connectivity index (χ1) is 9.60. The first kappa shape index (κ1) is 13.8. The maximum absolute atomic E-state index is 13.2. The zero-order valence-electron chi connectivity index (χ0n) is 10.7. The van der Waals surface area contributed by atoms with Crippen molar-refractivity contribution in [1.82, 2.24) is 0 Å². The van der Waals surface area contributed by atoms with E-state index in [2.05, 4.69) is 17.2 Å². The highest BCUT2D eigenvalue weighted by atomic mass is 19.1. The molecule has 2 aromatic rings. The second-order valence-corrected chi connectivity index (χ2v) is 4.05. The first-order valence-electron chi connectivity index (χ1n) is 5.86. The molecule has 2 N–H and O–H groups in total. The van der Waals surface area contributed by atoms with Crippen molar-refractivity contribution in [3.8, 4) is 11.8 Å². The summed E-state index contributed by atoms with van der Waals surface area (Å²) in [6, 6.07) is 5.43. The second kappa shape index (κ2) is 6.04. The average Bonchev–Trinajstić information content (AvgIpc) is 2.85. The Balaban J connectivity index is 2.26. The van der Waals surface area contributed by atoms with Crippen molar-refractivity contribution in [2.75, 3.05) is 11.9 Å². The van der Waals surface area contributed by atoms with Crippen molar-refractivity contribution in [2.45, 2.75) is 6.92 Å². The van der Waals surface area contributed by atoms with Gasteiger partial charge < -0.3 is 14.8 Å². The SMILES string of the molecule is Cc1cc(C(=O)Nc2ccc(F)cc2C#CCO)co1. The van der Waals surface area contributed by atoms with Gasteiger partial charge in [0.25, 0.3) is 5.91 Å². The van der Waals surface area contributed by atoms with E-state index in [1.807, 2.05) is 0 Å². The summed E-state index contributed by atoms with van der Waals surface area (Å²) >= 11 is 0. The number of furan rings is 1. The van der Waals surface area contributed by atoms with E-state index in [1.165, 1.54) is 24.5 Å². The molecule has 4 nitrogen and oxygen atoms in total. The minimum atomic E-state index is -0.468. The number of carbonyl (C=O) groups is 1. The topological polar surface area (TPSA) is 62.5 Å². The number of aliphatic hydroxyl groups excluding tert-OH is 1. The maximum atomic E-state index is 13.2. The molecule has 102 valence electrons. The highest BCUT2D eigenvalue weighted by molar-refractivity contribution is 6.04. The predicted octanol–water partition coefficient (Wildman–Crippen LogP) is 2.32. The summed E-state index contributed by atoms with van der Waals surface area (Å²) in [6.45, 7) is 1.39. The number of benzene rings is 1. The molecule has 0 atom stereocenters. The molecule has 0 fully saturated rings. The molecule has 0 unspecified atom stereocenters. The molecule has 1 heterocycles. The molecule has 0 saturated heterocycles. The number of hydrogen-bond acceptors (Lipinski definition) is 3. The van der Waals surface area contributed by atoms with Gasteiger partial charge in [-0.15, -0.1) is 0 Å². The molecule has 0 aliphatic carbocycles. The van der Waals surface area contributed by atoms with Crippen molar-refractivity contribution >= 4 is 11.6 Å². The van der Waals surface area contributed by atoms with Gasteiger partial charge >= 0.3 is 0 Å². The van der Waals surface area contributed by atoms with Crippen molar-refractivity contribution < 1.29 is 18.7 Å². The molecule has 0 bridgehead atoms. The number of nitrogens with one attached hydrogen (secondary N) is 1. The van der Waals surface area contributed by atoms with Crippen LogP contribution in [0.4, 0.5) is 10.1 Å². The normalized spacial score (nSPS) is 9.75. The van der Waals surface area contributed by atoms with Crippen LogP contribution in [0.25, 0.3) is 0 Å². The van der Waals surface area contributed by atoms with E-state index in [-0.39, 0.29) is 12.5 Å². The van der Waals surface area contributed by atoms with E-state index in [4.69, 9.17) is 9.52 Å². The predicted molar refractivity (Wildman–Crippen MR) is 71.8 cm³/mol. The van der Waals surface area contributed by atoms with Crippen LogP contribution in [-0.2, 0) is 0 Å². The van der Waals surface area contributed by atoms with E-state index < -0.39 is 5.82 Å². The molecule has 0 radical (unpaired) electrons. The molecule has 5 heteroatoms. The molecule has 0 aliphatic rings. The number of hydrogen-bond donors (Lipinski definition) is 2. The number of anilines is 1. The molecule has 2 rings (SSSR count). The lowest BCUT2D eigenvalue weighted by Crippen LogP contribution is -2.12. The van der Waals surface area contributed by atoms with Crippen LogP contribution in [0.3, 0.4) is 0 Å².